The number of rotatable bonds is 7. The van der Waals surface area contributed by atoms with Gasteiger partial charge in [-0.15, -0.1) is 0 Å². The fraction of sp³-hybridized carbons (Fsp3) is 0.462. The molecule has 5 nitrogen and oxygen atoms in total. The maximum absolute atomic E-state index is 13.0. The number of para-hydroxylation sites is 1. The molecule has 4 rings (SSSR count). The van der Waals surface area contributed by atoms with Gasteiger partial charge in [0.25, 0.3) is 5.91 Å². The van der Waals surface area contributed by atoms with E-state index < -0.39 is 0 Å². The first-order valence-electron chi connectivity index (χ1n) is 11.4. The number of ether oxygens (including phenoxy) is 1. The van der Waals surface area contributed by atoms with Crippen molar-refractivity contribution in [3.8, 4) is 0 Å². The number of piperidine rings is 1. The highest BCUT2D eigenvalue weighted by atomic mass is 16.5. The topological polar surface area (TPSA) is 53.9 Å². The zero-order valence-electron chi connectivity index (χ0n) is 18.9. The lowest BCUT2D eigenvalue weighted by molar-refractivity contribution is -0.112. The van der Waals surface area contributed by atoms with Gasteiger partial charge < -0.3 is 10.1 Å². The summed E-state index contributed by atoms with van der Waals surface area (Å²) in [6, 6.07) is 8.14. The van der Waals surface area contributed by atoms with Gasteiger partial charge in [-0.2, -0.15) is 0 Å². The molecule has 2 aliphatic heterocycles. The van der Waals surface area contributed by atoms with Crippen molar-refractivity contribution in [3.05, 3.63) is 64.9 Å². The zero-order valence-corrected chi connectivity index (χ0v) is 18.9. The molecule has 0 bridgehead atoms. The van der Waals surface area contributed by atoms with E-state index in [1.54, 1.807) is 0 Å². The number of carbonyl (C=O) groups excluding carboxylic acids is 1. The van der Waals surface area contributed by atoms with Crippen LogP contribution in [-0.4, -0.2) is 42.8 Å². The Hall–Kier alpha value is -2.50. The standard InChI is InChI=1S/C26H33N3O2/c1-4-31-17-20-8-7-11-29(15-20)16-21-9-5-6-10-24(21)28-26(30)22-13-23-18(2)12-19(3)27-25(23)14-22/h5-6,9-10,12-14,20,23H,4,7-8,11,15-17H2,1-3H3,(H,28,30)/t20-,23?/m1/s1. The Bertz CT molecular complexity index is 957. The third-order valence-corrected chi connectivity index (χ3v) is 6.28. The molecule has 1 fully saturated rings. The van der Waals surface area contributed by atoms with Crippen molar-refractivity contribution < 1.29 is 9.53 Å². The molecule has 5 heteroatoms. The molecule has 164 valence electrons. The summed E-state index contributed by atoms with van der Waals surface area (Å²) in [5.41, 5.74) is 5.92. The lowest BCUT2D eigenvalue weighted by Gasteiger charge is -2.33. The highest BCUT2D eigenvalue weighted by Crippen LogP contribution is 2.34. The molecule has 0 spiro atoms. The van der Waals surface area contributed by atoms with Crippen LogP contribution in [0.2, 0.25) is 0 Å². The monoisotopic (exact) mass is 419 g/mol. The number of anilines is 1. The predicted molar refractivity (Wildman–Crippen MR) is 126 cm³/mol. The zero-order chi connectivity index (χ0) is 21.8. The first-order valence-corrected chi connectivity index (χ1v) is 11.4. The molecule has 1 aromatic carbocycles. The van der Waals surface area contributed by atoms with E-state index in [0.717, 1.165) is 55.5 Å². The van der Waals surface area contributed by atoms with Gasteiger partial charge in [-0.1, -0.05) is 29.8 Å². The van der Waals surface area contributed by atoms with Gasteiger partial charge in [-0.25, -0.2) is 0 Å². The van der Waals surface area contributed by atoms with E-state index in [-0.39, 0.29) is 11.8 Å². The van der Waals surface area contributed by atoms with Crippen molar-refractivity contribution in [1.29, 1.82) is 0 Å². The van der Waals surface area contributed by atoms with Crippen molar-refractivity contribution in [1.82, 2.24) is 4.90 Å². The van der Waals surface area contributed by atoms with E-state index in [1.807, 2.05) is 37.3 Å². The predicted octanol–water partition coefficient (Wildman–Crippen LogP) is 4.73. The number of carbonyl (C=O) groups is 1. The normalized spacial score (nSPS) is 23.5. The van der Waals surface area contributed by atoms with Crippen molar-refractivity contribution >= 4 is 17.3 Å². The Balaban J connectivity index is 1.43. The van der Waals surface area contributed by atoms with E-state index in [9.17, 15) is 4.79 Å². The molecule has 0 aromatic heterocycles. The van der Waals surface area contributed by atoms with Gasteiger partial charge >= 0.3 is 0 Å². The summed E-state index contributed by atoms with van der Waals surface area (Å²) in [7, 11) is 0. The number of hydrogen-bond donors (Lipinski definition) is 1. The second-order valence-electron chi connectivity index (χ2n) is 8.82. The molecule has 0 radical (unpaired) electrons. The fourth-order valence-corrected chi connectivity index (χ4v) is 4.76. The minimum Gasteiger partial charge on any atom is -0.381 e. The maximum atomic E-state index is 13.0. The average molecular weight is 420 g/mol. The number of nitrogens with zero attached hydrogens (tertiary/aromatic N) is 2. The second kappa shape index (κ2) is 9.75. The lowest BCUT2D eigenvalue weighted by Crippen LogP contribution is -2.37. The van der Waals surface area contributed by atoms with Crippen LogP contribution in [0.4, 0.5) is 5.69 Å². The van der Waals surface area contributed by atoms with Gasteiger partial charge in [0.1, 0.15) is 0 Å². The molecule has 2 heterocycles. The van der Waals surface area contributed by atoms with E-state index in [2.05, 4.69) is 41.2 Å². The maximum Gasteiger partial charge on any atom is 0.255 e. The summed E-state index contributed by atoms with van der Waals surface area (Å²) in [6.07, 6.45) is 8.46. The number of likely N-dealkylation sites (tertiary alicyclic amines) is 1. The number of nitrogens with one attached hydrogen (secondary N) is 1. The Morgan fingerprint density at radius 2 is 2.10 bits per heavy atom. The molecule has 1 saturated heterocycles. The van der Waals surface area contributed by atoms with Crippen LogP contribution in [0.15, 0.2) is 64.3 Å². The lowest BCUT2D eigenvalue weighted by atomic mass is 9.96. The first kappa shape index (κ1) is 21.7. The quantitative estimate of drug-likeness (QED) is 0.695. The van der Waals surface area contributed by atoms with Gasteiger partial charge in [0, 0.05) is 42.6 Å². The van der Waals surface area contributed by atoms with E-state index in [4.69, 9.17) is 4.74 Å². The number of dihydropyridines is 1. The summed E-state index contributed by atoms with van der Waals surface area (Å²) < 4.78 is 5.65. The van der Waals surface area contributed by atoms with Crippen molar-refractivity contribution in [3.63, 3.8) is 0 Å². The Labute approximate surface area is 185 Å². The second-order valence-corrected chi connectivity index (χ2v) is 8.82. The molecule has 1 amide bonds. The largest absolute Gasteiger partial charge is 0.381 e. The molecule has 1 unspecified atom stereocenters. The van der Waals surface area contributed by atoms with Crippen LogP contribution >= 0.6 is 0 Å². The SMILES string of the molecule is CCOC[C@@H]1CCCN(Cc2ccccc2NC(=O)C2=CC3C(C)=CC(C)=NC3=C2)C1. The number of allylic oxidation sites excluding steroid dienone is 2. The van der Waals surface area contributed by atoms with Gasteiger partial charge in [0.2, 0.25) is 0 Å². The van der Waals surface area contributed by atoms with Crippen LogP contribution in [0.25, 0.3) is 0 Å². The highest BCUT2D eigenvalue weighted by Gasteiger charge is 2.27. The number of amides is 1. The minimum atomic E-state index is -0.0668. The molecule has 2 atom stereocenters. The van der Waals surface area contributed by atoms with Gasteiger partial charge in [-0.3, -0.25) is 14.7 Å². The average Bonchev–Trinajstić information content (AvgIpc) is 3.18. The highest BCUT2D eigenvalue weighted by molar-refractivity contribution is 6.07. The number of hydrogen-bond acceptors (Lipinski definition) is 4. The van der Waals surface area contributed by atoms with E-state index in [1.165, 1.54) is 18.4 Å². The van der Waals surface area contributed by atoms with Crippen LogP contribution in [0, 0.1) is 11.8 Å². The summed E-state index contributed by atoms with van der Waals surface area (Å²) >= 11 is 0. The van der Waals surface area contributed by atoms with Gasteiger partial charge in [-0.05, 0) is 69.9 Å². The van der Waals surface area contributed by atoms with E-state index >= 15 is 0 Å². The van der Waals surface area contributed by atoms with Crippen molar-refractivity contribution in [2.75, 3.05) is 31.6 Å². The summed E-state index contributed by atoms with van der Waals surface area (Å²) in [4.78, 5) is 20.1. The van der Waals surface area contributed by atoms with Gasteiger partial charge in [0.05, 0.1) is 12.3 Å². The minimum absolute atomic E-state index is 0.0668. The molecule has 1 aliphatic carbocycles. The van der Waals surface area contributed by atoms with Crippen molar-refractivity contribution in [2.45, 2.75) is 40.2 Å². The third kappa shape index (κ3) is 5.23. The Morgan fingerprint density at radius 1 is 1.26 bits per heavy atom. The molecule has 3 aliphatic rings. The molecular weight excluding hydrogens is 386 g/mol. The fourth-order valence-electron chi connectivity index (χ4n) is 4.76. The van der Waals surface area contributed by atoms with Crippen LogP contribution in [0.5, 0.6) is 0 Å². The number of fused-ring (bicyclic) bond motifs is 1. The molecule has 0 saturated carbocycles. The van der Waals surface area contributed by atoms with Crippen LogP contribution in [-0.2, 0) is 16.1 Å². The van der Waals surface area contributed by atoms with Crippen LogP contribution in [0.3, 0.4) is 0 Å². The van der Waals surface area contributed by atoms with E-state index in [0.29, 0.717) is 11.5 Å². The molecule has 1 N–H and O–H groups in total. The summed E-state index contributed by atoms with van der Waals surface area (Å²) in [5, 5.41) is 3.15. The summed E-state index contributed by atoms with van der Waals surface area (Å²) in [6.45, 7) is 10.7. The van der Waals surface area contributed by atoms with Crippen molar-refractivity contribution in [2.24, 2.45) is 16.8 Å². The summed E-state index contributed by atoms with van der Waals surface area (Å²) in [5.74, 6) is 0.646. The molecule has 31 heavy (non-hydrogen) atoms. The molecular formula is C26H33N3O2. The van der Waals surface area contributed by atoms with Crippen LogP contribution < -0.4 is 5.32 Å². The van der Waals surface area contributed by atoms with Gasteiger partial charge in [0.15, 0.2) is 0 Å². The number of benzene rings is 1. The Morgan fingerprint density at radius 3 is 2.94 bits per heavy atom. The molecule has 1 aromatic rings. The smallest absolute Gasteiger partial charge is 0.255 e. The Kier molecular flexibility index (Phi) is 6.83. The number of aliphatic imine (C=N–C) groups is 1. The van der Waals surface area contributed by atoms with Crippen LogP contribution in [0.1, 0.15) is 39.2 Å². The third-order valence-electron chi connectivity index (χ3n) is 6.28. The first-order chi connectivity index (χ1) is 15.0.